The van der Waals surface area contributed by atoms with Crippen molar-refractivity contribution in [1.29, 1.82) is 0 Å². The molecule has 2 amide bonds. The Bertz CT molecular complexity index is 310. The molecule has 0 aromatic carbocycles. The van der Waals surface area contributed by atoms with Crippen LogP contribution in [0.3, 0.4) is 0 Å². The van der Waals surface area contributed by atoms with Crippen LogP contribution in [0.4, 0.5) is 0 Å². The van der Waals surface area contributed by atoms with Gasteiger partial charge in [0.2, 0.25) is 11.8 Å². The van der Waals surface area contributed by atoms with Gasteiger partial charge >= 0.3 is 0 Å². The Kier molecular flexibility index (Phi) is 6.28. The zero-order chi connectivity index (χ0) is 14.3. The zero-order valence-corrected chi connectivity index (χ0v) is 12.1. The predicted molar refractivity (Wildman–Crippen MR) is 75.5 cm³/mol. The molecule has 1 aliphatic carbocycles. The summed E-state index contributed by atoms with van der Waals surface area (Å²) in [7, 11) is 0. The molecule has 19 heavy (non-hydrogen) atoms. The minimum atomic E-state index is -0.316. The molecule has 1 fully saturated rings. The van der Waals surface area contributed by atoms with E-state index < -0.39 is 0 Å². The Labute approximate surface area is 115 Å². The molecule has 0 aromatic heterocycles. The van der Waals surface area contributed by atoms with Gasteiger partial charge in [0.15, 0.2) is 0 Å². The molecule has 1 saturated carbocycles. The molecule has 1 aliphatic rings. The highest BCUT2D eigenvalue weighted by atomic mass is 16.2. The van der Waals surface area contributed by atoms with Crippen LogP contribution in [0.1, 0.15) is 52.4 Å². The maximum atomic E-state index is 11.8. The van der Waals surface area contributed by atoms with E-state index >= 15 is 0 Å². The van der Waals surface area contributed by atoms with Crippen molar-refractivity contribution in [2.24, 2.45) is 11.7 Å². The minimum Gasteiger partial charge on any atom is -0.354 e. The third-order valence-corrected chi connectivity index (χ3v) is 3.63. The lowest BCUT2D eigenvalue weighted by atomic mass is 9.80. The van der Waals surface area contributed by atoms with E-state index in [0.717, 1.165) is 25.7 Å². The molecule has 0 aromatic rings. The highest BCUT2D eigenvalue weighted by molar-refractivity contribution is 5.78. The average molecular weight is 269 g/mol. The SMILES string of the molecule is CC(C)C(=O)NCCNC(=O)CC1(N)CCCCC1. The average Bonchev–Trinajstić information content (AvgIpc) is 2.34. The van der Waals surface area contributed by atoms with Crippen molar-refractivity contribution in [3.05, 3.63) is 0 Å². The van der Waals surface area contributed by atoms with Crippen molar-refractivity contribution in [1.82, 2.24) is 10.6 Å². The number of carbonyl (C=O) groups excluding carboxylic acids is 2. The number of nitrogens with two attached hydrogens (primary N) is 1. The molecule has 0 heterocycles. The first-order valence-corrected chi connectivity index (χ1v) is 7.26. The fourth-order valence-corrected chi connectivity index (χ4v) is 2.41. The van der Waals surface area contributed by atoms with Crippen LogP contribution in [0.25, 0.3) is 0 Å². The second-order valence-corrected chi connectivity index (χ2v) is 5.90. The minimum absolute atomic E-state index is 0.0109. The van der Waals surface area contributed by atoms with Crippen molar-refractivity contribution in [3.63, 3.8) is 0 Å². The van der Waals surface area contributed by atoms with Gasteiger partial charge in [-0.3, -0.25) is 9.59 Å². The van der Waals surface area contributed by atoms with E-state index in [2.05, 4.69) is 10.6 Å². The summed E-state index contributed by atoms with van der Waals surface area (Å²) >= 11 is 0. The predicted octanol–water partition coefficient (Wildman–Crippen LogP) is 0.927. The number of amides is 2. The molecule has 0 saturated heterocycles. The molecule has 0 bridgehead atoms. The van der Waals surface area contributed by atoms with Crippen molar-refractivity contribution in [3.8, 4) is 0 Å². The van der Waals surface area contributed by atoms with E-state index in [1.807, 2.05) is 13.8 Å². The van der Waals surface area contributed by atoms with Crippen molar-refractivity contribution >= 4 is 11.8 Å². The van der Waals surface area contributed by atoms with Gasteiger partial charge in [-0.1, -0.05) is 33.1 Å². The Balaban J connectivity index is 2.15. The number of rotatable bonds is 6. The van der Waals surface area contributed by atoms with Gasteiger partial charge in [-0.25, -0.2) is 0 Å². The molecule has 1 rings (SSSR count). The second-order valence-electron chi connectivity index (χ2n) is 5.90. The summed E-state index contributed by atoms with van der Waals surface area (Å²) in [4.78, 5) is 23.1. The number of carbonyl (C=O) groups is 2. The topological polar surface area (TPSA) is 84.2 Å². The first-order chi connectivity index (χ1) is 8.93. The van der Waals surface area contributed by atoms with E-state index in [4.69, 9.17) is 5.73 Å². The number of nitrogens with one attached hydrogen (secondary N) is 2. The number of hydrogen-bond acceptors (Lipinski definition) is 3. The van der Waals surface area contributed by atoms with E-state index in [1.165, 1.54) is 6.42 Å². The maximum Gasteiger partial charge on any atom is 0.222 e. The van der Waals surface area contributed by atoms with Crippen LogP contribution in [-0.4, -0.2) is 30.4 Å². The van der Waals surface area contributed by atoms with Crippen LogP contribution < -0.4 is 16.4 Å². The lowest BCUT2D eigenvalue weighted by molar-refractivity contribution is -0.125. The molecule has 5 nitrogen and oxygen atoms in total. The lowest BCUT2D eigenvalue weighted by Gasteiger charge is -2.32. The van der Waals surface area contributed by atoms with Crippen LogP contribution in [0, 0.1) is 5.92 Å². The van der Waals surface area contributed by atoms with E-state index in [1.54, 1.807) is 0 Å². The standard InChI is InChI=1S/C14H27N3O2/c1-11(2)13(19)17-9-8-16-12(18)10-14(15)6-4-3-5-7-14/h11H,3-10,15H2,1-2H3,(H,16,18)(H,17,19). The third kappa shape index (κ3) is 6.05. The number of hydrogen-bond donors (Lipinski definition) is 3. The van der Waals surface area contributed by atoms with E-state index in [-0.39, 0.29) is 23.3 Å². The van der Waals surface area contributed by atoms with Gasteiger partial charge in [0.1, 0.15) is 0 Å². The third-order valence-electron chi connectivity index (χ3n) is 3.63. The van der Waals surface area contributed by atoms with E-state index in [0.29, 0.717) is 19.5 Å². The highest BCUT2D eigenvalue weighted by Crippen LogP contribution is 2.28. The lowest BCUT2D eigenvalue weighted by Crippen LogP contribution is -2.46. The van der Waals surface area contributed by atoms with Gasteiger partial charge in [-0.15, -0.1) is 0 Å². The van der Waals surface area contributed by atoms with Crippen molar-refractivity contribution in [2.45, 2.75) is 57.9 Å². The molecule has 5 heteroatoms. The summed E-state index contributed by atoms with van der Waals surface area (Å²) in [5.41, 5.74) is 5.91. The summed E-state index contributed by atoms with van der Waals surface area (Å²) in [6.45, 7) is 4.62. The Morgan fingerprint density at radius 2 is 1.68 bits per heavy atom. The van der Waals surface area contributed by atoms with E-state index in [9.17, 15) is 9.59 Å². The largest absolute Gasteiger partial charge is 0.354 e. The van der Waals surface area contributed by atoms with Crippen LogP contribution in [0.15, 0.2) is 0 Å². The van der Waals surface area contributed by atoms with Gasteiger partial charge in [0, 0.05) is 31.0 Å². The summed E-state index contributed by atoms with van der Waals surface area (Å²) in [6, 6.07) is 0. The molecule has 0 spiro atoms. The smallest absolute Gasteiger partial charge is 0.222 e. The fraction of sp³-hybridized carbons (Fsp3) is 0.857. The van der Waals surface area contributed by atoms with Crippen molar-refractivity contribution < 1.29 is 9.59 Å². The summed E-state index contributed by atoms with van der Waals surface area (Å²) < 4.78 is 0. The normalized spacial score (nSPS) is 18.1. The van der Waals surface area contributed by atoms with Crippen LogP contribution >= 0.6 is 0 Å². The van der Waals surface area contributed by atoms with Crippen LogP contribution in [0.5, 0.6) is 0 Å². The van der Waals surface area contributed by atoms with Crippen molar-refractivity contribution in [2.75, 3.05) is 13.1 Å². The van der Waals surface area contributed by atoms with Gasteiger partial charge < -0.3 is 16.4 Å². The first-order valence-electron chi connectivity index (χ1n) is 7.26. The summed E-state index contributed by atoms with van der Waals surface area (Å²) in [6.07, 6.45) is 5.73. The van der Waals surface area contributed by atoms with Gasteiger partial charge in [-0.2, -0.15) is 0 Å². The van der Waals surface area contributed by atoms with Gasteiger partial charge in [0.25, 0.3) is 0 Å². The summed E-state index contributed by atoms with van der Waals surface area (Å²) in [5, 5.41) is 5.58. The monoisotopic (exact) mass is 269 g/mol. The molecule has 110 valence electrons. The molecular weight excluding hydrogens is 242 g/mol. The summed E-state index contributed by atoms with van der Waals surface area (Å²) in [5.74, 6) is -0.0229. The second kappa shape index (κ2) is 7.48. The first kappa shape index (κ1) is 16.0. The molecule has 0 aliphatic heterocycles. The maximum absolute atomic E-state index is 11.8. The molecule has 4 N–H and O–H groups in total. The molecule has 0 radical (unpaired) electrons. The highest BCUT2D eigenvalue weighted by Gasteiger charge is 2.29. The quantitative estimate of drug-likeness (QED) is 0.627. The van der Waals surface area contributed by atoms with Gasteiger partial charge in [-0.05, 0) is 12.8 Å². The fourth-order valence-electron chi connectivity index (χ4n) is 2.41. The van der Waals surface area contributed by atoms with Crippen LogP contribution in [-0.2, 0) is 9.59 Å². The van der Waals surface area contributed by atoms with Crippen LogP contribution in [0.2, 0.25) is 0 Å². The van der Waals surface area contributed by atoms with Gasteiger partial charge in [0.05, 0.1) is 0 Å². The molecule has 0 atom stereocenters. The molecule has 0 unspecified atom stereocenters. The molecular formula is C14H27N3O2. The Hall–Kier alpha value is -1.10. The zero-order valence-electron chi connectivity index (χ0n) is 12.1. The Morgan fingerprint density at radius 1 is 1.11 bits per heavy atom. The Morgan fingerprint density at radius 3 is 2.26 bits per heavy atom.